The summed E-state index contributed by atoms with van der Waals surface area (Å²) in [4.78, 5) is 2.41. The van der Waals surface area contributed by atoms with Gasteiger partial charge in [-0.05, 0) is 43.9 Å². The van der Waals surface area contributed by atoms with Crippen LogP contribution in [0.5, 0.6) is 0 Å². The number of ether oxygens (including phenoxy) is 1. The van der Waals surface area contributed by atoms with E-state index in [2.05, 4.69) is 36.9 Å². The van der Waals surface area contributed by atoms with Crippen molar-refractivity contribution in [3.8, 4) is 0 Å². The molecule has 104 valence electrons. The second kappa shape index (κ2) is 5.23. The molecular weight excluding hydrogens is 238 g/mol. The molecular formula is C16H23NO2. The van der Waals surface area contributed by atoms with E-state index in [9.17, 15) is 5.11 Å². The predicted molar refractivity (Wildman–Crippen MR) is 75.0 cm³/mol. The number of hydrogen-bond acceptors (Lipinski definition) is 3. The lowest BCUT2D eigenvalue weighted by atomic mass is 9.83. The Morgan fingerprint density at radius 2 is 2.26 bits per heavy atom. The van der Waals surface area contributed by atoms with Crippen LogP contribution in [0.15, 0.2) is 18.2 Å². The number of nitrogens with zero attached hydrogens (tertiary/aromatic N) is 1. The zero-order valence-electron chi connectivity index (χ0n) is 11.8. The average molecular weight is 261 g/mol. The first-order valence-electron chi connectivity index (χ1n) is 7.36. The van der Waals surface area contributed by atoms with Gasteiger partial charge in [0.2, 0.25) is 0 Å². The van der Waals surface area contributed by atoms with Gasteiger partial charge in [0.25, 0.3) is 0 Å². The molecule has 0 amide bonds. The van der Waals surface area contributed by atoms with Crippen molar-refractivity contribution in [2.24, 2.45) is 0 Å². The minimum atomic E-state index is -0.653. The average Bonchev–Trinajstić information content (AvgIpc) is 2.39. The van der Waals surface area contributed by atoms with Crippen molar-refractivity contribution < 1.29 is 9.84 Å². The van der Waals surface area contributed by atoms with E-state index in [0.717, 1.165) is 25.8 Å². The minimum Gasteiger partial charge on any atom is -0.367 e. The third-order valence-corrected chi connectivity index (χ3v) is 4.34. The SMILES string of the molecule is CCCN1CC(O)O[C@@H]2c3cc(C)ccc3CC[C@H]21. The monoisotopic (exact) mass is 261 g/mol. The van der Waals surface area contributed by atoms with E-state index in [4.69, 9.17) is 4.74 Å². The van der Waals surface area contributed by atoms with Crippen molar-refractivity contribution >= 4 is 0 Å². The van der Waals surface area contributed by atoms with Crippen molar-refractivity contribution in [1.82, 2.24) is 4.90 Å². The van der Waals surface area contributed by atoms with Crippen LogP contribution in [0.4, 0.5) is 0 Å². The summed E-state index contributed by atoms with van der Waals surface area (Å²) in [5.74, 6) is 0. The molecule has 1 unspecified atom stereocenters. The molecule has 3 atom stereocenters. The van der Waals surface area contributed by atoms with Crippen LogP contribution in [0.2, 0.25) is 0 Å². The number of benzene rings is 1. The minimum absolute atomic E-state index is 0.0407. The first-order valence-corrected chi connectivity index (χ1v) is 7.36. The third-order valence-electron chi connectivity index (χ3n) is 4.34. The lowest BCUT2D eigenvalue weighted by molar-refractivity contribution is -0.210. The van der Waals surface area contributed by atoms with E-state index in [1.54, 1.807) is 0 Å². The van der Waals surface area contributed by atoms with Gasteiger partial charge >= 0.3 is 0 Å². The van der Waals surface area contributed by atoms with E-state index in [-0.39, 0.29) is 6.10 Å². The zero-order chi connectivity index (χ0) is 13.4. The van der Waals surface area contributed by atoms with Gasteiger partial charge in [0.05, 0.1) is 0 Å². The summed E-state index contributed by atoms with van der Waals surface area (Å²) in [6, 6.07) is 7.05. The predicted octanol–water partition coefficient (Wildman–Crippen LogP) is 2.41. The molecule has 1 heterocycles. The Morgan fingerprint density at radius 1 is 1.42 bits per heavy atom. The Labute approximate surface area is 115 Å². The molecule has 19 heavy (non-hydrogen) atoms. The molecule has 3 rings (SSSR count). The van der Waals surface area contributed by atoms with Gasteiger partial charge in [-0.3, -0.25) is 4.90 Å². The highest BCUT2D eigenvalue weighted by Gasteiger charge is 2.39. The Morgan fingerprint density at radius 3 is 3.05 bits per heavy atom. The molecule has 0 bridgehead atoms. The second-order valence-corrected chi connectivity index (χ2v) is 5.81. The van der Waals surface area contributed by atoms with E-state index in [0.29, 0.717) is 12.6 Å². The first kappa shape index (κ1) is 13.1. The fraction of sp³-hybridized carbons (Fsp3) is 0.625. The summed E-state index contributed by atoms with van der Waals surface area (Å²) >= 11 is 0. The quantitative estimate of drug-likeness (QED) is 0.887. The molecule has 1 N–H and O–H groups in total. The highest BCUT2D eigenvalue weighted by Crippen LogP contribution is 2.39. The van der Waals surface area contributed by atoms with Crippen molar-refractivity contribution in [3.05, 3.63) is 34.9 Å². The topological polar surface area (TPSA) is 32.7 Å². The number of β-amino-alcohol motifs (C(OH)–C–C–N with tert-alkyl or cyclic N) is 1. The van der Waals surface area contributed by atoms with E-state index < -0.39 is 6.29 Å². The van der Waals surface area contributed by atoms with Crippen LogP contribution < -0.4 is 0 Å². The maximum Gasteiger partial charge on any atom is 0.168 e. The van der Waals surface area contributed by atoms with Crippen molar-refractivity contribution in [2.45, 2.75) is 51.5 Å². The van der Waals surface area contributed by atoms with Crippen molar-refractivity contribution in [2.75, 3.05) is 13.1 Å². The summed E-state index contributed by atoms with van der Waals surface area (Å²) in [6.07, 6.45) is 2.76. The molecule has 0 saturated carbocycles. The molecule has 0 aromatic heterocycles. The summed E-state index contributed by atoms with van der Waals surface area (Å²) in [5, 5.41) is 9.98. The van der Waals surface area contributed by atoms with Gasteiger partial charge < -0.3 is 9.84 Å². The summed E-state index contributed by atoms with van der Waals surface area (Å²) in [5.41, 5.74) is 3.94. The van der Waals surface area contributed by atoms with Crippen LogP contribution in [0.3, 0.4) is 0 Å². The normalized spacial score (nSPS) is 30.8. The Kier molecular flexibility index (Phi) is 3.61. The van der Waals surface area contributed by atoms with Crippen LogP contribution >= 0.6 is 0 Å². The number of hydrogen-bond donors (Lipinski definition) is 1. The van der Waals surface area contributed by atoms with E-state index in [1.165, 1.54) is 16.7 Å². The van der Waals surface area contributed by atoms with Gasteiger partial charge in [-0.25, -0.2) is 0 Å². The lowest BCUT2D eigenvalue weighted by Gasteiger charge is -2.46. The summed E-state index contributed by atoms with van der Waals surface area (Å²) < 4.78 is 5.86. The summed E-state index contributed by atoms with van der Waals surface area (Å²) in [7, 11) is 0. The lowest BCUT2D eigenvalue weighted by Crippen LogP contribution is -2.52. The molecule has 1 saturated heterocycles. The Hall–Kier alpha value is -0.900. The van der Waals surface area contributed by atoms with Crippen LogP contribution in [0.1, 0.15) is 42.6 Å². The molecule has 0 spiro atoms. The van der Waals surface area contributed by atoms with E-state index in [1.807, 2.05) is 0 Å². The van der Waals surface area contributed by atoms with Gasteiger partial charge in [0.1, 0.15) is 6.10 Å². The number of rotatable bonds is 2. The highest BCUT2D eigenvalue weighted by atomic mass is 16.6. The van der Waals surface area contributed by atoms with Crippen LogP contribution in [0, 0.1) is 6.92 Å². The van der Waals surface area contributed by atoms with Gasteiger partial charge in [0, 0.05) is 12.6 Å². The molecule has 3 nitrogen and oxygen atoms in total. The third kappa shape index (κ3) is 2.42. The van der Waals surface area contributed by atoms with Gasteiger partial charge in [-0.1, -0.05) is 30.7 Å². The Balaban J connectivity index is 1.93. The molecule has 1 aromatic rings. The highest BCUT2D eigenvalue weighted by molar-refractivity contribution is 5.36. The van der Waals surface area contributed by atoms with E-state index >= 15 is 0 Å². The number of morpholine rings is 1. The maximum absolute atomic E-state index is 9.98. The van der Waals surface area contributed by atoms with Crippen LogP contribution in [-0.2, 0) is 11.2 Å². The number of aliphatic hydroxyl groups is 1. The van der Waals surface area contributed by atoms with Crippen molar-refractivity contribution in [1.29, 1.82) is 0 Å². The fourth-order valence-corrected chi connectivity index (χ4v) is 3.50. The fourth-order valence-electron chi connectivity index (χ4n) is 3.50. The standard InChI is InChI=1S/C16H23NO2/c1-3-8-17-10-15(18)19-16-13-9-11(2)4-5-12(13)6-7-14(16)17/h4-5,9,14-16,18H,3,6-8,10H2,1-2H3/t14-,15?,16-/m1/s1. The van der Waals surface area contributed by atoms with Gasteiger partial charge in [0.15, 0.2) is 6.29 Å². The number of aliphatic hydroxyl groups excluding tert-OH is 1. The van der Waals surface area contributed by atoms with Gasteiger partial charge in [-0.15, -0.1) is 0 Å². The summed E-state index contributed by atoms with van der Waals surface area (Å²) in [6.45, 7) is 6.00. The van der Waals surface area contributed by atoms with Crippen LogP contribution in [0.25, 0.3) is 0 Å². The second-order valence-electron chi connectivity index (χ2n) is 5.81. The zero-order valence-corrected chi connectivity index (χ0v) is 11.8. The number of aryl methyl sites for hydroxylation is 2. The van der Waals surface area contributed by atoms with Crippen molar-refractivity contribution in [3.63, 3.8) is 0 Å². The molecule has 1 aliphatic carbocycles. The maximum atomic E-state index is 9.98. The molecule has 1 aromatic carbocycles. The molecule has 3 heteroatoms. The smallest absolute Gasteiger partial charge is 0.168 e. The largest absolute Gasteiger partial charge is 0.367 e. The molecule has 2 aliphatic rings. The molecule has 1 fully saturated rings. The first-order chi connectivity index (χ1) is 9.19. The number of fused-ring (bicyclic) bond motifs is 3. The Bertz CT molecular complexity index is 460. The van der Waals surface area contributed by atoms with Gasteiger partial charge in [-0.2, -0.15) is 0 Å². The molecule has 1 aliphatic heterocycles. The van der Waals surface area contributed by atoms with Crippen LogP contribution in [-0.4, -0.2) is 35.4 Å². The molecule has 0 radical (unpaired) electrons.